The molecule has 0 radical (unpaired) electrons. The quantitative estimate of drug-likeness (QED) is 0.850. The van der Waals surface area contributed by atoms with E-state index in [1.54, 1.807) is 6.07 Å². The zero-order valence-corrected chi connectivity index (χ0v) is 13.2. The molecule has 3 nitrogen and oxygen atoms in total. The Bertz CT molecular complexity index is 583. The van der Waals surface area contributed by atoms with Crippen LogP contribution in [0.5, 0.6) is 0 Å². The molecule has 21 heavy (non-hydrogen) atoms. The zero-order chi connectivity index (χ0) is 15.2. The molecule has 0 aliphatic carbocycles. The second-order valence-electron chi connectivity index (χ2n) is 5.18. The van der Waals surface area contributed by atoms with Crippen molar-refractivity contribution in [2.45, 2.75) is 32.2 Å². The number of nitrogens with zero attached hydrogens (tertiary/aromatic N) is 2. The largest absolute Gasteiger partial charge is 0.314 e. The van der Waals surface area contributed by atoms with E-state index < -0.39 is 0 Å². The molecule has 1 atom stereocenters. The van der Waals surface area contributed by atoms with E-state index in [-0.39, 0.29) is 5.82 Å². The van der Waals surface area contributed by atoms with Gasteiger partial charge >= 0.3 is 0 Å². The molecule has 114 valence electrons. The molecule has 2 rings (SSSR count). The van der Waals surface area contributed by atoms with Gasteiger partial charge in [0.2, 0.25) is 0 Å². The number of likely N-dealkylation sites (N-methyl/N-ethyl adjacent to an activating group) is 1. The van der Waals surface area contributed by atoms with E-state index in [0.29, 0.717) is 11.1 Å². The Morgan fingerprint density at radius 2 is 2.19 bits per heavy atom. The van der Waals surface area contributed by atoms with Gasteiger partial charge in [0.1, 0.15) is 5.82 Å². The summed E-state index contributed by atoms with van der Waals surface area (Å²) in [5.41, 5.74) is 2.19. The summed E-state index contributed by atoms with van der Waals surface area (Å²) in [4.78, 5) is 0. The lowest BCUT2D eigenvalue weighted by Gasteiger charge is -2.18. The first-order valence-electron chi connectivity index (χ1n) is 7.24. The highest BCUT2D eigenvalue weighted by atomic mass is 35.5. The van der Waals surface area contributed by atoms with Gasteiger partial charge < -0.3 is 5.32 Å². The second kappa shape index (κ2) is 7.57. The number of hydrogen-bond donors (Lipinski definition) is 1. The van der Waals surface area contributed by atoms with Crippen LogP contribution in [0.2, 0.25) is 5.02 Å². The molecular weight excluding hydrogens is 289 g/mol. The van der Waals surface area contributed by atoms with Crippen LogP contribution in [-0.4, -0.2) is 22.4 Å². The number of aromatic nitrogens is 2. The highest BCUT2D eigenvalue weighted by molar-refractivity contribution is 6.31. The van der Waals surface area contributed by atoms with Crippen molar-refractivity contribution in [1.29, 1.82) is 0 Å². The van der Waals surface area contributed by atoms with Crippen LogP contribution in [0.15, 0.2) is 30.5 Å². The number of nitrogens with one attached hydrogen (secondary N) is 1. The van der Waals surface area contributed by atoms with Gasteiger partial charge in [-0.1, -0.05) is 24.6 Å². The second-order valence-corrected chi connectivity index (χ2v) is 5.59. The first-order chi connectivity index (χ1) is 10.1. The lowest BCUT2D eigenvalue weighted by atomic mass is 10.0. The van der Waals surface area contributed by atoms with Crippen molar-refractivity contribution >= 4 is 11.6 Å². The fraction of sp³-hybridized carbons (Fsp3) is 0.438. The smallest absolute Gasteiger partial charge is 0.124 e. The van der Waals surface area contributed by atoms with Crippen LogP contribution in [0.1, 0.15) is 24.6 Å². The minimum Gasteiger partial charge on any atom is -0.314 e. The van der Waals surface area contributed by atoms with E-state index in [0.717, 1.165) is 31.4 Å². The summed E-state index contributed by atoms with van der Waals surface area (Å²) < 4.78 is 15.0. The Morgan fingerprint density at radius 1 is 1.38 bits per heavy atom. The number of rotatable bonds is 7. The van der Waals surface area contributed by atoms with Gasteiger partial charge in [-0.3, -0.25) is 4.68 Å². The maximum Gasteiger partial charge on any atom is 0.124 e. The lowest BCUT2D eigenvalue weighted by Crippen LogP contribution is -2.31. The number of hydrogen-bond acceptors (Lipinski definition) is 2. The Labute approximate surface area is 130 Å². The molecule has 1 aromatic heterocycles. The van der Waals surface area contributed by atoms with Crippen LogP contribution in [0, 0.1) is 5.82 Å². The molecule has 0 saturated carbocycles. The van der Waals surface area contributed by atoms with Gasteiger partial charge in [-0.05, 0) is 49.6 Å². The molecule has 5 heteroatoms. The number of halogens is 2. The predicted molar refractivity (Wildman–Crippen MR) is 84.1 cm³/mol. The average Bonchev–Trinajstić information content (AvgIpc) is 2.85. The third-order valence-corrected chi connectivity index (χ3v) is 4.00. The van der Waals surface area contributed by atoms with E-state index in [2.05, 4.69) is 17.3 Å². The predicted octanol–water partition coefficient (Wildman–Crippen LogP) is 3.37. The third-order valence-electron chi connectivity index (χ3n) is 3.65. The highest BCUT2D eigenvalue weighted by Gasteiger charge is 2.12. The third kappa shape index (κ3) is 4.55. The fourth-order valence-corrected chi connectivity index (χ4v) is 2.73. The van der Waals surface area contributed by atoms with Gasteiger partial charge in [0.15, 0.2) is 0 Å². The molecule has 1 N–H and O–H groups in total. The van der Waals surface area contributed by atoms with Crippen molar-refractivity contribution in [3.63, 3.8) is 0 Å². The maximum absolute atomic E-state index is 13.1. The molecule has 0 spiro atoms. The van der Waals surface area contributed by atoms with Gasteiger partial charge in [-0.25, -0.2) is 4.39 Å². The molecule has 0 bridgehead atoms. The summed E-state index contributed by atoms with van der Waals surface area (Å²) in [5, 5.41) is 8.15. The number of aryl methyl sites for hydroxylation is 2. The zero-order valence-electron chi connectivity index (χ0n) is 12.4. The minimum atomic E-state index is -0.293. The molecule has 1 unspecified atom stereocenters. The van der Waals surface area contributed by atoms with Crippen molar-refractivity contribution in [2.24, 2.45) is 7.05 Å². The van der Waals surface area contributed by atoms with Crippen molar-refractivity contribution in [3.8, 4) is 0 Å². The number of benzene rings is 1. The normalized spacial score (nSPS) is 12.6. The summed E-state index contributed by atoms with van der Waals surface area (Å²) in [6.45, 7) is 2.98. The van der Waals surface area contributed by atoms with E-state index in [4.69, 9.17) is 11.6 Å². The van der Waals surface area contributed by atoms with E-state index in [1.807, 2.05) is 24.0 Å². The van der Waals surface area contributed by atoms with Gasteiger partial charge in [0.05, 0.1) is 0 Å². The molecule has 0 saturated heterocycles. The SMILES string of the molecule is CCNC(CCc1ccnn1C)Cc1ccc(F)cc1Cl. The van der Waals surface area contributed by atoms with Crippen LogP contribution in [0.25, 0.3) is 0 Å². The van der Waals surface area contributed by atoms with E-state index in [1.165, 1.54) is 17.8 Å². The van der Waals surface area contributed by atoms with Gasteiger partial charge in [0, 0.05) is 30.0 Å². The van der Waals surface area contributed by atoms with Crippen LogP contribution < -0.4 is 5.32 Å². The Hall–Kier alpha value is -1.39. The fourth-order valence-electron chi connectivity index (χ4n) is 2.49. The highest BCUT2D eigenvalue weighted by Crippen LogP contribution is 2.20. The van der Waals surface area contributed by atoms with Crippen molar-refractivity contribution in [2.75, 3.05) is 6.54 Å². The van der Waals surface area contributed by atoms with Crippen molar-refractivity contribution in [3.05, 3.63) is 52.6 Å². The molecule has 0 fully saturated rings. The molecular formula is C16H21ClFN3. The first-order valence-corrected chi connectivity index (χ1v) is 7.62. The van der Waals surface area contributed by atoms with E-state index >= 15 is 0 Å². The molecule has 1 aromatic carbocycles. The topological polar surface area (TPSA) is 29.9 Å². The minimum absolute atomic E-state index is 0.293. The maximum atomic E-state index is 13.1. The molecule has 2 aromatic rings. The Balaban J connectivity index is 1.99. The summed E-state index contributed by atoms with van der Waals surface area (Å²) in [6.07, 6.45) is 4.55. The average molecular weight is 310 g/mol. The van der Waals surface area contributed by atoms with Gasteiger partial charge in [0.25, 0.3) is 0 Å². The Morgan fingerprint density at radius 3 is 2.81 bits per heavy atom. The van der Waals surface area contributed by atoms with Crippen LogP contribution in [-0.2, 0) is 19.9 Å². The first kappa shape index (κ1) is 16.0. The summed E-state index contributed by atoms with van der Waals surface area (Å²) >= 11 is 6.12. The molecule has 0 amide bonds. The Kier molecular flexibility index (Phi) is 5.76. The van der Waals surface area contributed by atoms with Crippen LogP contribution in [0.3, 0.4) is 0 Å². The van der Waals surface area contributed by atoms with Gasteiger partial charge in [-0.15, -0.1) is 0 Å². The molecule has 0 aliphatic heterocycles. The lowest BCUT2D eigenvalue weighted by molar-refractivity contribution is 0.483. The van der Waals surface area contributed by atoms with Crippen LogP contribution in [0.4, 0.5) is 4.39 Å². The van der Waals surface area contributed by atoms with Crippen molar-refractivity contribution in [1.82, 2.24) is 15.1 Å². The summed E-state index contributed by atoms with van der Waals surface area (Å²) in [6, 6.07) is 6.96. The van der Waals surface area contributed by atoms with Crippen molar-refractivity contribution < 1.29 is 4.39 Å². The van der Waals surface area contributed by atoms with E-state index in [9.17, 15) is 4.39 Å². The summed E-state index contributed by atoms with van der Waals surface area (Å²) in [7, 11) is 1.95. The molecule has 0 aliphatic rings. The standard InChI is InChI=1S/C16H21ClFN3/c1-3-19-14(6-7-15-8-9-20-21(15)2)10-12-4-5-13(18)11-16(12)17/h4-5,8-9,11,14,19H,3,6-7,10H2,1-2H3. The van der Waals surface area contributed by atoms with Gasteiger partial charge in [-0.2, -0.15) is 5.10 Å². The monoisotopic (exact) mass is 309 g/mol. The molecule has 1 heterocycles. The van der Waals surface area contributed by atoms with Crippen LogP contribution >= 0.6 is 11.6 Å². The summed E-state index contributed by atoms with van der Waals surface area (Å²) in [5.74, 6) is -0.293.